The molecule has 0 saturated heterocycles. The molecule has 0 spiro atoms. The molecular formula is C18H27N3O. The highest BCUT2D eigenvalue weighted by atomic mass is 16.2. The van der Waals surface area contributed by atoms with E-state index in [9.17, 15) is 4.79 Å². The normalized spacial score (nSPS) is 21.5. The van der Waals surface area contributed by atoms with Gasteiger partial charge in [-0.25, -0.2) is 4.79 Å². The van der Waals surface area contributed by atoms with Gasteiger partial charge in [0.25, 0.3) is 0 Å². The molecule has 0 aromatic heterocycles. The van der Waals surface area contributed by atoms with E-state index in [2.05, 4.69) is 48.6 Å². The number of hydrogen-bond acceptors (Lipinski definition) is 2. The van der Waals surface area contributed by atoms with Crippen LogP contribution in [0.15, 0.2) is 24.3 Å². The van der Waals surface area contributed by atoms with Gasteiger partial charge in [0.15, 0.2) is 0 Å². The second kappa shape index (κ2) is 5.92. The number of likely N-dealkylation sites (N-methyl/N-ethyl adjacent to an activating group) is 2. The summed E-state index contributed by atoms with van der Waals surface area (Å²) in [6, 6.07) is 8.57. The maximum Gasteiger partial charge on any atom is 0.317 e. The quantitative estimate of drug-likeness (QED) is 0.907. The largest absolute Gasteiger partial charge is 0.337 e. The predicted octanol–water partition coefficient (Wildman–Crippen LogP) is 2.45. The van der Waals surface area contributed by atoms with Gasteiger partial charge in [0.2, 0.25) is 0 Å². The molecule has 2 amide bonds. The lowest BCUT2D eigenvalue weighted by Gasteiger charge is -2.49. The fraction of sp³-hybridized carbons (Fsp3) is 0.611. The van der Waals surface area contributed by atoms with Crippen LogP contribution in [0.4, 0.5) is 4.79 Å². The van der Waals surface area contributed by atoms with E-state index in [0.717, 1.165) is 19.5 Å². The molecule has 0 bridgehead atoms. The Labute approximate surface area is 133 Å². The fourth-order valence-corrected chi connectivity index (χ4v) is 3.74. The molecule has 0 heterocycles. The molecule has 2 aliphatic carbocycles. The van der Waals surface area contributed by atoms with Crippen molar-refractivity contribution in [3.63, 3.8) is 0 Å². The average molecular weight is 301 g/mol. The van der Waals surface area contributed by atoms with E-state index in [1.54, 1.807) is 0 Å². The second-order valence-electron chi connectivity index (χ2n) is 7.11. The molecule has 3 rings (SSSR count). The lowest BCUT2D eigenvalue weighted by molar-refractivity contribution is 0.0363. The fourth-order valence-electron chi connectivity index (χ4n) is 3.74. The topological polar surface area (TPSA) is 35.6 Å². The van der Waals surface area contributed by atoms with Crippen molar-refractivity contribution in [3.8, 4) is 0 Å². The zero-order valence-electron chi connectivity index (χ0n) is 13.9. The van der Waals surface area contributed by atoms with E-state index < -0.39 is 0 Å². The number of nitrogens with one attached hydrogen (secondary N) is 1. The summed E-state index contributed by atoms with van der Waals surface area (Å²) in [7, 11) is 6.15. The van der Waals surface area contributed by atoms with E-state index in [1.165, 1.54) is 30.4 Å². The summed E-state index contributed by atoms with van der Waals surface area (Å²) < 4.78 is 0. The molecule has 4 nitrogen and oxygen atoms in total. The molecule has 1 atom stereocenters. The predicted molar refractivity (Wildman–Crippen MR) is 89.2 cm³/mol. The molecule has 1 fully saturated rings. The van der Waals surface area contributed by atoms with Crippen molar-refractivity contribution in [2.75, 3.05) is 34.2 Å². The number of amides is 2. The van der Waals surface area contributed by atoms with Crippen LogP contribution in [-0.4, -0.2) is 55.6 Å². The molecule has 120 valence electrons. The summed E-state index contributed by atoms with van der Waals surface area (Å²) in [6.45, 7) is 1.56. The molecule has 0 unspecified atom stereocenters. The van der Waals surface area contributed by atoms with Crippen molar-refractivity contribution < 1.29 is 4.79 Å². The Bertz CT molecular complexity index is 551. The summed E-state index contributed by atoms with van der Waals surface area (Å²) in [5, 5.41) is 3.10. The minimum Gasteiger partial charge on any atom is -0.337 e. The number of urea groups is 1. The molecule has 0 radical (unpaired) electrons. The Morgan fingerprint density at radius 2 is 2.00 bits per heavy atom. The Kier molecular flexibility index (Phi) is 4.13. The van der Waals surface area contributed by atoms with Crippen molar-refractivity contribution >= 4 is 6.03 Å². The van der Waals surface area contributed by atoms with Crippen LogP contribution in [0.2, 0.25) is 0 Å². The van der Waals surface area contributed by atoms with Gasteiger partial charge in [-0.1, -0.05) is 24.3 Å². The van der Waals surface area contributed by atoms with Crippen LogP contribution in [0.1, 0.15) is 36.3 Å². The number of carbonyl (C=O) groups excluding carboxylic acids is 1. The van der Waals surface area contributed by atoms with Crippen LogP contribution in [-0.2, 0) is 6.42 Å². The van der Waals surface area contributed by atoms with Crippen LogP contribution in [0.5, 0.6) is 0 Å². The van der Waals surface area contributed by atoms with Crippen molar-refractivity contribution in [3.05, 3.63) is 35.4 Å². The van der Waals surface area contributed by atoms with Crippen LogP contribution < -0.4 is 5.32 Å². The van der Waals surface area contributed by atoms with Gasteiger partial charge in [-0.05, 0) is 50.9 Å². The molecule has 1 N–H and O–H groups in total. The number of rotatable bonds is 5. The van der Waals surface area contributed by atoms with Crippen molar-refractivity contribution in [2.24, 2.45) is 0 Å². The van der Waals surface area contributed by atoms with Gasteiger partial charge in [-0.3, -0.25) is 0 Å². The molecule has 22 heavy (non-hydrogen) atoms. The Hall–Kier alpha value is -1.55. The molecule has 1 aromatic carbocycles. The second-order valence-corrected chi connectivity index (χ2v) is 7.11. The summed E-state index contributed by atoms with van der Waals surface area (Å²) in [6.07, 6.45) is 4.73. The average Bonchev–Trinajstić information content (AvgIpc) is 2.42. The summed E-state index contributed by atoms with van der Waals surface area (Å²) in [5.41, 5.74) is 3.01. The molecule has 1 aromatic rings. The molecule has 4 heteroatoms. The Morgan fingerprint density at radius 1 is 1.27 bits per heavy atom. The van der Waals surface area contributed by atoms with E-state index >= 15 is 0 Å². The van der Waals surface area contributed by atoms with E-state index in [-0.39, 0.29) is 11.6 Å². The van der Waals surface area contributed by atoms with Gasteiger partial charge in [-0.2, -0.15) is 0 Å². The SMILES string of the molecule is CN(CC1(N(C)C)CCC1)C(=O)NC[C@H]1Cc2ccccc21. The zero-order chi connectivity index (χ0) is 15.7. The van der Waals surface area contributed by atoms with E-state index in [4.69, 9.17) is 0 Å². The number of benzene rings is 1. The van der Waals surface area contributed by atoms with Crippen LogP contribution in [0, 0.1) is 0 Å². The highest BCUT2D eigenvalue weighted by molar-refractivity contribution is 5.74. The maximum atomic E-state index is 12.3. The lowest BCUT2D eigenvalue weighted by Crippen LogP contribution is -2.58. The summed E-state index contributed by atoms with van der Waals surface area (Å²) in [5.74, 6) is 0.486. The van der Waals surface area contributed by atoms with Gasteiger partial charge in [-0.15, -0.1) is 0 Å². The monoisotopic (exact) mass is 301 g/mol. The Balaban J connectivity index is 1.48. The zero-order valence-corrected chi connectivity index (χ0v) is 13.9. The van der Waals surface area contributed by atoms with Crippen LogP contribution >= 0.6 is 0 Å². The van der Waals surface area contributed by atoms with Gasteiger partial charge in [0, 0.05) is 31.6 Å². The van der Waals surface area contributed by atoms with Gasteiger partial charge >= 0.3 is 6.03 Å². The highest BCUT2D eigenvalue weighted by Gasteiger charge is 2.40. The highest BCUT2D eigenvalue weighted by Crippen LogP contribution is 2.37. The van der Waals surface area contributed by atoms with E-state index in [0.29, 0.717) is 5.92 Å². The van der Waals surface area contributed by atoms with Gasteiger partial charge in [0.05, 0.1) is 0 Å². The molecule has 1 saturated carbocycles. The van der Waals surface area contributed by atoms with Gasteiger partial charge < -0.3 is 15.1 Å². The smallest absolute Gasteiger partial charge is 0.317 e. The first kappa shape index (κ1) is 15.3. The summed E-state index contributed by atoms with van der Waals surface area (Å²) in [4.78, 5) is 16.5. The first-order chi connectivity index (χ1) is 10.5. The minimum absolute atomic E-state index is 0.0532. The first-order valence-electron chi connectivity index (χ1n) is 8.26. The number of fused-ring (bicyclic) bond motifs is 1. The number of hydrogen-bond donors (Lipinski definition) is 1. The molecular weight excluding hydrogens is 274 g/mol. The van der Waals surface area contributed by atoms with Crippen molar-refractivity contribution in [2.45, 2.75) is 37.1 Å². The molecule has 2 aliphatic rings. The summed E-state index contributed by atoms with van der Waals surface area (Å²) >= 11 is 0. The minimum atomic E-state index is 0.0532. The lowest BCUT2D eigenvalue weighted by atomic mass is 9.75. The first-order valence-corrected chi connectivity index (χ1v) is 8.26. The third kappa shape index (κ3) is 2.72. The van der Waals surface area contributed by atoms with Crippen LogP contribution in [0.3, 0.4) is 0 Å². The Morgan fingerprint density at radius 3 is 2.59 bits per heavy atom. The number of nitrogens with zero attached hydrogens (tertiary/aromatic N) is 2. The van der Waals surface area contributed by atoms with E-state index in [1.807, 2.05) is 11.9 Å². The third-order valence-corrected chi connectivity index (χ3v) is 5.57. The molecule has 0 aliphatic heterocycles. The third-order valence-electron chi connectivity index (χ3n) is 5.57. The van der Waals surface area contributed by atoms with Crippen LogP contribution in [0.25, 0.3) is 0 Å². The van der Waals surface area contributed by atoms with Crippen molar-refractivity contribution in [1.29, 1.82) is 0 Å². The maximum absolute atomic E-state index is 12.3. The standard InChI is InChI=1S/C18H27N3O/c1-20(2)18(9-6-10-18)13-21(3)17(22)19-12-15-11-14-7-4-5-8-16(14)15/h4-5,7-8,15H,6,9-13H2,1-3H3,(H,19,22)/t15-/m1/s1. The number of carbonyl (C=O) groups is 1. The van der Waals surface area contributed by atoms with Gasteiger partial charge in [0.1, 0.15) is 0 Å². The van der Waals surface area contributed by atoms with Crippen molar-refractivity contribution in [1.82, 2.24) is 15.1 Å².